The molecule has 3 aromatic rings. The number of para-hydroxylation sites is 1. The van der Waals surface area contributed by atoms with E-state index in [4.69, 9.17) is 0 Å². The summed E-state index contributed by atoms with van der Waals surface area (Å²) in [5.74, 6) is 0.168. The van der Waals surface area contributed by atoms with E-state index in [9.17, 15) is 14.9 Å². The third-order valence-corrected chi connectivity index (χ3v) is 5.21. The van der Waals surface area contributed by atoms with Crippen LogP contribution in [0.2, 0.25) is 0 Å². The molecule has 7 nitrogen and oxygen atoms in total. The van der Waals surface area contributed by atoms with E-state index in [2.05, 4.69) is 22.4 Å². The van der Waals surface area contributed by atoms with Crippen LogP contribution < -0.4 is 5.32 Å². The summed E-state index contributed by atoms with van der Waals surface area (Å²) in [6.45, 7) is 2.05. The lowest BCUT2D eigenvalue weighted by Gasteiger charge is -2.27. The zero-order chi connectivity index (χ0) is 19.5. The van der Waals surface area contributed by atoms with Crippen LogP contribution in [0.4, 0.5) is 11.4 Å². The SMILES string of the molecule is O=C(CCCNc1ccc([N+](=O)[O-])cc1)N1CCc2[nH]c3ccccc3c2C1. The van der Waals surface area contributed by atoms with Gasteiger partial charge in [0.2, 0.25) is 5.91 Å². The number of nitrogens with zero attached hydrogens (tertiary/aromatic N) is 2. The molecule has 1 amide bonds. The Morgan fingerprint density at radius 3 is 2.75 bits per heavy atom. The summed E-state index contributed by atoms with van der Waals surface area (Å²) < 4.78 is 0. The van der Waals surface area contributed by atoms with Crippen LogP contribution in [0.5, 0.6) is 0 Å². The maximum absolute atomic E-state index is 12.6. The Morgan fingerprint density at radius 1 is 1.18 bits per heavy atom. The summed E-state index contributed by atoms with van der Waals surface area (Å²) in [6, 6.07) is 14.5. The van der Waals surface area contributed by atoms with Crippen LogP contribution in [0.25, 0.3) is 10.9 Å². The van der Waals surface area contributed by atoms with Gasteiger partial charge < -0.3 is 15.2 Å². The summed E-state index contributed by atoms with van der Waals surface area (Å²) in [5, 5.41) is 15.1. The summed E-state index contributed by atoms with van der Waals surface area (Å²) in [5.41, 5.74) is 4.50. The first kappa shape index (κ1) is 18.0. The Bertz CT molecular complexity index is 1010. The number of nitrogens with one attached hydrogen (secondary N) is 2. The third-order valence-electron chi connectivity index (χ3n) is 5.21. The van der Waals surface area contributed by atoms with Crippen molar-refractivity contribution in [2.45, 2.75) is 25.8 Å². The van der Waals surface area contributed by atoms with Gasteiger partial charge in [-0.05, 0) is 24.6 Å². The lowest BCUT2D eigenvalue weighted by atomic mass is 10.0. The number of fused-ring (bicyclic) bond motifs is 3. The Morgan fingerprint density at radius 2 is 1.96 bits per heavy atom. The molecule has 2 heterocycles. The van der Waals surface area contributed by atoms with Crippen LogP contribution in [0.15, 0.2) is 48.5 Å². The van der Waals surface area contributed by atoms with Crippen molar-refractivity contribution in [3.05, 3.63) is 69.9 Å². The Labute approximate surface area is 162 Å². The molecule has 144 valence electrons. The minimum Gasteiger partial charge on any atom is -0.385 e. The highest BCUT2D eigenvalue weighted by Gasteiger charge is 2.23. The highest BCUT2D eigenvalue weighted by atomic mass is 16.6. The monoisotopic (exact) mass is 378 g/mol. The molecular formula is C21H22N4O3. The van der Waals surface area contributed by atoms with Crippen molar-refractivity contribution in [1.82, 2.24) is 9.88 Å². The quantitative estimate of drug-likeness (QED) is 0.387. The molecule has 0 fully saturated rings. The number of rotatable bonds is 6. The molecule has 1 aromatic heterocycles. The number of carbonyl (C=O) groups excluding carboxylic acids is 1. The van der Waals surface area contributed by atoms with Gasteiger partial charge in [-0.15, -0.1) is 0 Å². The fraction of sp³-hybridized carbons (Fsp3) is 0.286. The minimum atomic E-state index is -0.416. The number of anilines is 1. The molecule has 0 unspecified atom stereocenters. The smallest absolute Gasteiger partial charge is 0.269 e. The van der Waals surface area contributed by atoms with Gasteiger partial charge in [-0.2, -0.15) is 0 Å². The molecule has 4 rings (SSSR count). The van der Waals surface area contributed by atoms with Gasteiger partial charge in [0.25, 0.3) is 5.69 Å². The van der Waals surface area contributed by atoms with E-state index < -0.39 is 4.92 Å². The number of nitro benzene ring substituents is 1. The van der Waals surface area contributed by atoms with Crippen LogP contribution >= 0.6 is 0 Å². The van der Waals surface area contributed by atoms with Gasteiger partial charge >= 0.3 is 0 Å². The van der Waals surface area contributed by atoms with Crippen LogP contribution in [-0.4, -0.2) is 33.8 Å². The van der Waals surface area contributed by atoms with Crippen LogP contribution in [0.1, 0.15) is 24.1 Å². The maximum atomic E-state index is 12.6. The minimum absolute atomic E-state index is 0.0717. The zero-order valence-corrected chi connectivity index (χ0v) is 15.5. The molecular weight excluding hydrogens is 356 g/mol. The second-order valence-electron chi connectivity index (χ2n) is 7.03. The first-order chi connectivity index (χ1) is 13.6. The number of hydrogen-bond acceptors (Lipinski definition) is 4. The predicted octanol–water partition coefficient (Wildman–Crippen LogP) is 3.85. The molecule has 0 spiro atoms. The molecule has 28 heavy (non-hydrogen) atoms. The van der Waals surface area contributed by atoms with Gasteiger partial charge in [-0.1, -0.05) is 18.2 Å². The largest absolute Gasteiger partial charge is 0.385 e. The second kappa shape index (κ2) is 7.72. The lowest BCUT2D eigenvalue weighted by Crippen LogP contribution is -2.35. The van der Waals surface area contributed by atoms with Crippen molar-refractivity contribution >= 4 is 28.2 Å². The van der Waals surface area contributed by atoms with Crippen molar-refractivity contribution < 1.29 is 9.72 Å². The Kier molecular flexibility index (Phi) is 4.97. The van der Waals surface area contributed by atoms with Gasteiger partial charge in [-0.3, -0.25) is 14.9 Å². The van der Waals surface area contributed by atoms with E-state index >= 15 is 0 Å². The van der Waals surface area contributed by atoms with Gasteiger partial charge in [0.1, 0.15) is 0 Å². The number of aromatic nitrogens is 1. The summed E-state index contributed by atoms with van der Waals surface area (Å²) in [6.07, 6.45) is 2.06. The fourth-order valence-corrected chi connectivity index (χ4v) is 3.71. The Hall–Kier alpha value is -3.35. The van der Waals surface area contributed by atoms with E-state index in [1.165, 1.54) is 28.8 Å². The number of carbonyl (C=O) groups is 1. The van der Waals surface area contributed by atoms with Crippen molar-refractivity contribution in [1.29, 1.82) is 0 Å². The zero-order valence-electron chi connectivity index (χ0n) is 15.5. The molecule has 0 aliphatic carbocycles. The normalized spacial score (nSPS) is 13.4. The number of benzene rings is 2. The van der Waals surface area contributed by atoms with Crippen LogP contribution in [0.3, 0.4) is 0 Å². The standard InChI is InChI=1S/C21H22N4O3/c26-21(6-3-12-22-15-7-9-16(10-8-15)25(27)28)24-13-11-20-18(14-24)17-4-1-2-5-19(17)23-20/h1-2,4-5,7-10,22-23H,3,6,11-14H2. The molecule has 0 bridgehead atoms. The predicted molar refractivity (Wildman–Crippen MR) is 108 cm³/mol. The lowest BCUT2D eigenvalue weighted by molar-refractivity contribution is -0.384. The van der Waals surface area contributed by atoms with E-state index in [0.717, 1.165) is 24.2 Å². The molecule has 1 aliphatic heterocycles. The maximum Gasteiger partial charge on any atom is 0.269 e. The average molecular weight is 378 g/mol. The van der Waals surface area contributed by atoms with Gasteiger partial charge in [0.05, 0.1) is 4.92 Å². The molecule has 2 aromatic carbocycles. The van der Waals surface area contributed by atoms with Crippen molar-refractivity contribution in [2.75, 3.05) is 18.4 Å². The van der Waals surface area contributed by atoms with Crippen molar-refractivity contribution in [3.8, 4) is 0 Å². The number of hydrogen-bond donors (Lipinski definition) is 2. The molecule has 7 heteroatoms. The number of nitro groups is 1. The van der Waals surface area contributed by atoms with Gasteiger partial charge in [-0.25, -0.2) is 0 Å². The molecule has 2 N–H and O–H groups in total. The van der Waals surface area contributed by atoms with E-state index in [-0.39, 0.29) is 11.6 Å². The van der Waals surface area contributed by atoms with Gasteiger partial charge in [0, 0.05) is 72.5 Å². The molecule has 0 atom stereocenters. The van der Waals surface area contributed by atoms with E-state index in [0.29, 0.717) is 25.9 Å². The van der Waals surface area contributed by atoms with Crippen molar-refractivity contribution in [2.24, 2.45) is 0 Å². The first-order valence-electron chi connectivity index (χ1n) is 9.46. The van der Waals surface area contributed by atoms with Gasteiger partial charge in [0.15, 0.2) is 0 Å². The summed E-state index contributed by atoms with van der Waals surface area (Å²) in [4.78, 5) is 28.3. The summed E-state index contributed by atoms with van der Waals surface area (Å²) in [7, 11) is 0. The highest BCUT2D eigenvalue weighted by molar-refractivity contribution is 5.86. The number of aromatic amines is 1. The summed E-state index contributed by atoms with van der Waals surface area (Å²) >= 11 is 0. The first-order valence-corrected chi connectivity index (χ1v) is 9.46. The molecule has 0 saturated heterocycles. The fourth-order valence-electron chi connectivity index (χ4n) is 3.71. The van der Waals surface area contributed by atoms with Crippen LogP contribution in [-0.2, 0) is 17.8 Å². The van der Waals surface area contributed by atoms with E-state index in [1.807, 2.05) is 17.0 Å². The number of amides is 1. The number of non-ortho nitro benzene ring substituents is 1. The van der Waals surface area contributed by atoms with Crippen molar-refractivity contribution in [3.63, 3.8) is 0 Å². The van der Waals surface area contributed by atoms with Crippen LogP contribution in [0, 0.1) is 10.1 Å². The Balaban J connectivity index is 1.28. The third kappa shape index (κ3) is 3.69. The second-order valence-corrected chi connectivity index (χ2v) is 7.03. The highest BCUT2D eigenvalue weighted by Crippen LogP contribution is 2.27. The molecule has 0 radical (unpaired) electrons. The molecule has 0 saturated carbocycles. The number of H-pyrrole nitrogens is 1. The average Bonchev–Trinajstić information content (AvgIpc) is 3.09. The molecule has 1 aliphatic rings. The topological polar surface area (TPSA) is 91.3 Å². The van der Waals surface area contributed by atoms with E-state index in [1.54, 1.807) is 12.1 Å².